The molecule has 0 atom stereocenters. The maximum absolute atomic E-state index is 4.96. The van der Waals surface area contributed by atoms with Crippen LogP contribution in [-0.4, -0.2) is 24.7 Å². The van der Waals surface area contributed by atoms with Crippen LogP contribution in [0.4, 0.5) is 0 Å². The normalized spacial score (nSPS) is 15.0. The number of aromatic nitrogens is 5. The Labute approximate surface area is 139 Å². The fourth-order valence-corrected chi connectivity index (χ4v) is 3.31. The third-order valence-corrected chi connectivity index (χ3v) is 4.75. The lowest BCUT2D eigenvalue weighted by molar-refractivity contribution is 0.757. The molecule has 1 aliphatic carbocycles. The zero-order valence-corrected chi connectivity index (χ0v) is 13.8. The van der Waals surface area contributed by atoms with Gasteiger partial charge in [0.15, 0.2) is 5.65 Å². The van der Waals surface area contributed by atoms with Gasteiger partial charge in [0, 0.05) is 28.6 Å². The number of hydrogen-bond donors (Lipinski definition) is 1. The van der Waals surface area contributed by atoms with Gasteiger partial charge in [0.1, 0.15) is 11.3 Å². The minimum absolute atomic E-state index is 0.323. The summed E-state index contributed by atoms with van der Waals surface area (Å²) in [6, 6.07) is 10.6. The molecule has 0 spiro atoms. The van der Waals surface area contributed by atoms with Crippen molar-refractivity contribution >= 4 is 22.1 Å². The van der Waals surface area contributed by atoms with Gasteiger partial charge >= 0.3 is 0 Å². The van der Waals surface area contributed by atoms with E-state index in [1.807, 2.05) is 6.20 Å². The maximum Gasteiger partial charge on any atom is 0.164 e. The number of fused-ring (bicyclic) bond motifs is 2. The van der Waals surface area contributed by atoms with Crippen molar-refractivity contribution in [3.63, 3.8) is 0 Å². The van der Waals surface area contributed by atoms with Crippen LogP contribution in [0.2, 0.25) is 0 Å². The van der Waals surface area contributed by atoms with E-state index in [1.165, 1.54) is 18.5 Å². The Morgan fingerprint density at radius 3 is 2.79 bits per heavy atom. The Morgan fingerprint density at radius 1 is 1.12 bits per heavy atom. The Hall–Kier alpha value is -2.69. The fraction of sp³-hybridized carbons (Fsp3) is 0.316. The molecule has 3 heterocycles. The molecule has 1 fully saturated rings. The lowest BCUT2D eigenvalue weighted by Gasteiger charge is -2.11. The second-order valence-corrected chi connectivity index (χ2v) is 6.95. The Bertz CT molecular complexity index is 1050. The topological polar surface area (TPSA) is 59.4 Å². The first-order valence-corrected chi connectivity index (χ1v) is 8.53. The zero-order valence-electron chi connectivity index (χ0n) is 13.8. The highest BCUT2D eigenvalue weighted by Gasteiger charge is 2.26. The first kappa shape index (κ1) is 13.7. The van der Waals surface area contributed by atoms with Gasteiger partial charge in [0.2, 0.25) is 0 Å². The smallest absolute Gasteiger partial charge is 0.164 e. The molecule has 0 unspecified atom stereocenters. The number of nitrogens with one attached hydrogen (secondary N) is 1. The van der Waals surface area contributed by atoms with Crippen LogP contribution >= 0.6 is 0 Å². The Kier molecular flexibility index (Phi) is 2.80. The summed E-state index contributed by atoms with van der Waals surface area (Å²) in [7, 11) is 0. The molecule has 1 saturated carbocycles. The summed E-state index contributed by atoms with van der Waals surface area (Å²) < 4.78 is 2.21. The summed E-state index contributed by atoms with van der Waals surface area (Å²) in [4.78, 5) is 9.82. The van der Waals surface area contributed by atoms with Gasteiger partial charge in [-0.1, -0.05) is 13.8 Å². The number of hydrogen-bond acceptors (Lipinski definition) is 3. The zero-order chi connectivity index (χ0) is 16.3. The number of rotatable bonds is 3. The van der Waals surface area contributed by atoms with E-state index in [1.54, 1.807) is 0 Å². The van der Waals surface area contributed by atoms with Crippen LogP contribution in [0.1, 0.15) is 50.0 Å². The second kappa shape index (κ2) is 4.90. The summed E-state index contributed by atoms with van der Waals surface area (Å²) in [6.45, 7) is 4.35. The number of pyridine rings is 1. The van der Waals surface area contributed by atoms with Crippen molar-refractivity contribution in [3.8, 4) is 5.69 Å². The van der Waals surface area contributed by atoms with E-state index in [-0.39, 0.29) is 0 Å². The van der Waals surface area contributed by atoms with Gasteiger partial charge in [0.05, 0.1) is 11.7 Å². The van der Waals surface area contributed by atoms with E-state index in [0.717, 1.165) is 33.6 Å². The van der Waals surface area contributed by atoms with Crippen molar-refractivity contribution in [2.24, 2.45) is 0 Å². The van der Waals surface area contributed by atoms with Crippen molar-refractivity contribution in [2.75, 3.05) is 0 Å². The molecule has 5 heteroatoms. The molecule has 1 aromatic carbocycles. The molecule has 0 radical (unpaired) electrons. The molecule has 0 aliphatic heterocycles. The van der Waals surface area contributed by atoms with Gasteiger partial charge in [-0.2, -0.15) is 5.10 Å². The number of imidazole rings is 1. The number of H-pyrrole nitrogens is 1. The van der Waals surface area contributed by atoms with Gasteiger partial charge in [0.25, 0.3) is 0 Å². The average molecular weight is 317 g/mol. The van der Waals surface area contributed by atoms with Crippen LogP contribution in [0.3, 0.4) is 0 Å². The predicted octanol–water partition coefficient (Wildman–Crippen LogP) is 4.30. The molecule has 3 aromatic heterocycles. The van der Waals surface area contributed by atoms with Gasteiger partial charge < -0.3 is 0 Å². The van der Waals surface area contributed by atoms with Crippen LogP contribution < -0.4 is 0 Å². The van der Waals surface area contributed by atoms with Gasteiger partial charge in [-0.15, -0.1) is 0 Å². The molecule has 0 bridgehead atoms. The molecule has 0 saturated heterocycles. The highest BCUT2D eigenvalue weighted by atomic mass is 15.1. The fourth-order valence-electron chi connectivity index (χ4n) is 3.31. The van der Waals surface area contributed by atoms with E-state index in [4.69, 9.17) is 9.97 Å². The minimum Gasteiger partial charge on any atom is -0.280 e. The predicted molar refractivity (Wildman–Crippen MR) is 94.6 cm³/mol. The average Bonchev–Trinajstić information content (AvgIpc) is 3.20. The third kappa shape index (κ3) is 2.04. The molecular formula is C19H19N5. The molecule has 5 nitrogen and oxygen atoms in total. The maximum atomic E-state index is 4.96. The Morgan fingerprint density at radius 2 is 2.00 bits per heavy atom. The van der Waals surface area contributed by atoms with Crippen LogP contribution in [0, 0.1) is 0 Å². The van der Waals surface area contributed by atoms with Crippen molar-refractivity contribution < 1.29 is 0 Å². The van der Waals surface area contributed by atoms with Crippen molar-refractivity contribution in [1.82, 2.24) is 24.7 Å². The lowest BCUT2D eigenvalue weighted by Crippen LogP contribution is -2.04. The highest BCUT2D eigenvalue weighted by molar-refractivity contribution is 5.82. The van der Waals surface area contributed by atoms with E-state index >= 15 is 0 Å². The number of nitrogens with zero attached hydrogens (tertiary/aromatic N) is 4. The molecule has 1 aliphatic rings. The largest absolute Gasteiger partial charge is 0.280 e. The van der Waals surface area contributed by atoms with Crippen molar-refractivity contribution in [1.29, 1.82) is 0 Å². The lowest BCUT2D eigenvalue weighted by atomic mass is 10.2. The van der Waals surface area contributed by atoms with Gasteiger partial charge in [-0.05, 0) is 43.2 Å². The summed E-state index contributed by atoms with van der Waals surface area (Å²) in [5, 5.41) is 8.23. The number of benzene rings is 1. The highest BCUT2D eigenvalue weighted by Crippen LogP contribution is 2.39. The molecule has 0 amide bonds. The first-order valence-electron chi connectivity index (χ1n) is 8.53. The van der Waals surface area contributed by atoms with E-state index < -0.39 is 0 Å². The standard InChI is InChI=1S/C19H19N5/c1-11(2)18-22-17-8-7-15(12-3-4-12)21-19(17)24(18)14-5-6-16-13(9-14)10-20-23-16/h5-12H,3-4H2,1-2H3,(H,20,23). The minimum atomic E-state index is 0.323. The summed E-state index contributed by atoms with van der Waals surface area (Å²) >= 11 is 0. The third-order valence-electron chi connectivity index (χ3n) is 4.75. The monoisotopic (exact) mass is 317 g/mol. The van der Waals surface area contributed by atoms with Crippen LogP contribution in [0.15, 0.2) is 36.5 Å². The molecule has 4 aromatic rings. The number of aromatic amines is 1. The summed E-state index contributed by atoms with van der Waals surface area (Å²) in [5.41, 5.74) is 5.26. The van der Waals surface area contributed by atoms with E-state index in [0.29, 0.717) is 11.8 Å². The van der Waals surface area contributed by atoms with Crippen molar-refractivity contribution in [2.45, 2.75) is 38.5 Å². The molecular weight excluding hydrogens is 298 g/mol. The van der Waals surface area contributed by atoms with Gasteiger partial charge in [-0.25, -0.2) is 9.97 Å². The second-order valence-electron chi connectivity index (χ2n) is 6.95. The SMILES string of the molecule is CC(C)c1nc2ccc(C3CC3)nc2n1-c1ccc2[nH]ncc2c1. The Balaban J connectivity index is 1.79. The molecule has 5 rings (SSSR count). The van der Waals surface area contributed by atoms with E-state index in [9.17, 15) is 0 Å². The van der Waals surface area contributed by atoms with E-state index in [2.05, 4.69) is 58.9 Å². The van der Waals surface area contributed by atoms with Crippen molar-refractivity contribution in [3.05, 3.63) is 48.0 Å². The van der Waals surface area contributed by atoms with Crippen LogP contribution in [0.25, 0.3) is 27.8 Å². The van der Waals surface area contributed by atoms with Crippen LogP contribution in [-0.2, 0) is 0 Å². The van der Waals surface area contributed by atoms with Gasteiger partial charge in [-0.3, -0.25) is 9.67 Å². The summed E-state index contributed by atoms with van der Waals surface area (Å²) in [5.74, 6) is 2.01. The first-order chi connectivity index (χ1) is 11.7. The molecule has 24 heavy (non-hydrogen) atoms. The molecule has 120 valence electrons. The molecule has 1 N–H and O–H groups in total. The quantitative estimate of drug-likeness (QED) is 0.613. The van der Waals surface area contributed by atoms with Crippen LogP contribution in [0.5, 0.6) is 0 Å². The summed E-state index contributed by atoms with van der Waals surface area (Å²) in [6.07, 6.45) is 4.37.